The van der Waals surface area contributed by atoms with Crippen molar-refractivity contribution in [3.05, 3.63) is 30.1 Å². The summed E-state index contributed by atoms with van der Waals surface area (Å²) in [5.74, 6) is -0.204. The van der Waals surface area contributed by atoms with E-state index in [1.165, 1.54) is 6.07 Å². The molecule has 5 heteroatoms. The minimum atomic E-state index is -0.467. The smallest absolute Gasteiger partial charge is 0.146 e. The molecule has 23 heavy (non-hydrogen) atoms. The Labute approximate surface area is 138 Å². The van der Waals surface area contributed by atoms with Gasteiger partial charge in [-0.1, -0.05) is 12.1 Å². The van der Waals surface area contributed by atoms with Crippen molar-refractivity contribution >= 4 is 5.69 Å². The summed E-state index contributed by atoms with van der Waals surface area (Å²) in [6.07, 6.45) is 1.42. The molecule has 0 radical (unpaired) electrons. The molecular weight excluding hydrogens is 295 g/mol. The standard InChI is InChI=1S/C18H29FN2O2/c1-18(2,3)23-13-15(22)12-21-10-8-14(9-11-21)20-17-7-5-4-6-16(17)19/h4-7,14-15,20,22H,8-13H2,1-3H3/t15-/m0/s1. The van der Waals surface area contributed by atoms with E-state index in [1.54, 1.807) is 12.1 Å². The number of β-amino-alcohol motifs (C(OH)–C–C–N with tert-alkyl or cyclic N) is 1. The Balaban J connectivity index is 1.70. The van der Waals surface area contributed by atoms with E-state index >= 15 is 0 Å². The molecule has 0 bridgehead atoms. The van der Waals surface area contributed by atoms with Crippen LogP contribution < -0.4 is 5.32 Å². The van der Waals surface area contributed by atoms with Crippen LogP contribution in [0.25, 0.3) is 0 Å². The van der Waals surface area contributed by atoms with Gasteiger partial charge in [0, 0.05) is 25.7 Å². The number of nitrogens with zero attached hydrogens (tertiary/aromatic N) is 1. The van der Waals surface area contributed by atoms with Crippen molar-refractivity contribution in [3.8, 4) is 0 Å². The first-order valence-electron chi connectivity index (χ1n) is 8.39. The lowest BCUT2D eigenvalue weighted by Gasteiger charge is -2.34. The second kappa shape index (κ2) is 8.08. The van der Waals surface area contributed by atoms with Crippen molar-refractivity contribution < 1.29 is 14.2 Å². The molecule has 2 N–H and O–H groups in total. The maximum absolute atomic E-state index is 13.7. The molecule has 1 heterocycles. The van der Waals surface area contributed by atoms with Crippen LogP contribution in [-0.4, -0.2) is 54.0 Å². The van der Waals surface area contributed by atoms with Gasteiger partial charge in [-0.2, -0.15) is 0 Å². The summed E-state index contributed by atoms with van der Waals surface area (Å²) in [5, 5.41) is 13.3. The van der Waals surface area contributed by atoms with Crippen molar-refractivity contribution in [1.29, 1.82) is 0 Å². The fraction of sp³-hybridized carbons (Fsp3) is 0.667. The Morgan fingerprint density at radius 2 is 1.96 bits per heavy atom. The maximum Gasteiger partial charge on any atom is 0.146 e. The minimum Gasteiger partial charge on any atom is -0.389 e. The van der Waals surface area contributed by atoms with Crippen molar-refractivity contribution in [2.45, 2.75) is 51.4 Å². The first-order valence-corrected chi connectivity index (χ1v) is 8.39. The van der Waals surface area contributed by atoms with E-state index in [4.69, 9.17) is 4.74 Å². The molecule has 0 saturated carbocycles. The van der Waals surface area contributed by atoms with E-state index in [-0.39, 0.29) is 17.5 Å². The predicted molar refractivity (Wildman–Crippen MR) is 91.2 cm³/mol. The van der Waals surface area contributed by atoms with Gasteiger partial charge in [0.2, 0.25) is 0 Å². The Kier molecular flexibility index (Phi) is 6.39. The number of rotatable bonds is 6. The number of hydrogen-bond acceptors (Lipinski definition) is 4. The highest BCUT2D eigenvalue weighted by Crippen LogP contribution is 2.19. The van der Waals surface area contributed by atoms with Crippen LogP contribution in [-0.2, 0) is 4.74 Å². The van der Waals surface area contributed by atoms with Gasteiger partial charge in [0.05, 0.1) is 24.0 Å². The summed E-state index contributed by atoms with van der Waals surface area (Å²) in [4.78, 5) is 2.25. The van der Waals surface area contributed by atoms with E-state index < -0.39 is 6.10 Å². The molecule has 2 rings (SSSR count). The van der Waals surface area contributed by atoms with Crippen molar-refractivity contribution in [2.24, 2.45) is 0 Å². The van der Waals surface area contributed by atoms with Crippen LogP contribution >= 0.6 is 0 Å². The molecule has 4 nitrogen and oxygen atoms in total. The van der Waals surface area contributed by atoms with Gasteiger partial charge >= 0.3 is 0 Å². The molecule has 0 aromatic heterocycles. The van der Waals surface area contributed by atoms with Gasteiger partial charge in [0.25, 0.3) is 0 Å². The number of aliphatic hydroxyl groups is 1. The molecule has 1 atom stereocenters. The Morgan fingerprint density at radius 1 is 1.30 bits per heavy atom. The van der Waals surface area contributed by atoms with Crippen LogP contribution in [0.5, 0.6) is 0 Å². The lowest BCUT2D eigenvalue weighted by molar-refractivity contribution is -0.0571. The molecule has 1 fully saturated rings. The third kappa shape index (κ3) is 6.45. The Hall–Kier alpha value is -1.17. The quantitative estimate of drug-likeness (QED) is 0.844. The van der Waals surface area contributed by atoms with E-state index in [1.807, 2.05) is 26.8 Å². The summed E-state index contributed by atoms with van der Waals surface area (Å²) in [6.45, 7) is 8.75. The number of anilines is 1. The number of nitrogens with one attached hydrogen (secondary N) is 1. The highest BCUT2D eigenvalue weighted by Gasteiger charge is 2.22. The maximum atomic E-state index is 13.7. The SMILES string of the molecule is CC(C)(C)OC[C@@H](O)CN1CCC(Nc2ccccc2F)CC1. The summed E-state index contributed by atoms with van der Waals surface area (Å²) < 4.78 is 19.3. The molecule has 1 aliphatic rings. The third-order valence-corrected chi connectivity index (χ3v) is 4.00. The van der Waals surface area contributed by atoms with Crippen LogP contribution in [0.15, 0.2) is 24.3 Å². The molecule has 0 unspecified atom stereocenters. The molecule has 1 aromatic rings. The Morgan fingerprint density at radius 3 is 2.57 bits per heavy atom. The van der Waals surface area contributed by atoms with Gasteiger partial charge in [-0.3, -0.25) is 0 Å². The summed E-state index contributed by atoms with van der Waals surface area (Å²) in [6, 6.07) is 7.07. The summed E-state index contributed by atoms with van der Waals surface area (Å²) >= 11 is 0. The second-order valence-corrected chi connectivity index (χ2v) is 7.28. The highest BCUT2D eigenvalue weighted by atomic mass is 19.1. The molecule has 1 saturated heterocycles. The third-order valence-electron chi connectivity index (χ3n) is 4.00. The van der Waals surface area contributed by atoms with Gasteiger partial charge in [0.15, 0.2) is 0 Å². The van der Waals surface area contributed by atoms with Crippen molar-refractivity contribution in [2.75, 3.05) is 31.6 Å². The number of piperidine rings is 1. The first kappa shape index (κ1) is 18.2. The number of benzene rings is 1. The van der Waals surface area contributed by atoms with Crippen LogP contribution in [0.2, 0.25) is 0 Å². The van der Waals surface area contributed by atoms with E-state index in [0.29, 0.717) is 18.8 Å². The highest BCUT2D eigenvalue weighted by molar-refractivity contribution is 5.45. The van der Waals surface area contributed by atoms with Crippen LogP contribution in [0.1, 0.15) is 33.6 Å². The fourth-order valence-corrected chi connectivity index (χ4v) is 2.75. The number of likely N-dealkylation sites (tertiary alicyclic amines) is 1. The molecule has 130 valence electrons. The first-order chi connectivity index (χ1) is 10.8. The average molecular weight is 324 g/mol. The van der Waals surface area contributed by atoms with Gasteiger partial charge in [-0.15, -0.1) is 0 Å². The minimum absolute atomic E-state index is 0.204. The van der Waals surface area contributed by atoms with Crippen molar-refractivity contribution in [1.82, 2.24) is 4.90 Å². The predicted octanol–water partition coefficient (Wildman–Crippen LogP) is 2.88. The average Bonchev–Trinajstić information content (AvgIpc) is 2.49. The van der Waals surface area contributed by atoms with Crippen molar-refractivity contribution in [3.63, 3.8) is 0 Å². The van der Waals surface area contributed by atoms with Gasteiger partial charge in [-0.25, -0.2) is 4.39 Å². The summed E-state index contributed by atoms with van der Waals surface area (Å²) in [7, 11) is 0. The Bertz CT molecular complexity index is 482. The topological polar surface area (TPSA) is 44.7 Å². The zero-order valence-electron chi connectivity index (χ0n) is 14.4. The number of para-hydroxylation sites is 1. The van der Waals surface area contributed by atoms with E-state index in [9.17, 15) is 9.50 Å². The van der Waals surface area contributed by atoms with Gasteiger partial charge in [0.1, 0.15) is 5.82 Å². The zero-order chi connectivity index (χ0) is 16.9. The molecular formula is C18H29FN2O2. The largest absolute Gasteiger partial charge is 0.389 e. The molecule has 0 amide bonds. The molecule has 1 aliphatic heterocycles. The van der Waals surface area contributed by atoms with Gasteiger partial charge in [-0.05, 0) is 45.7 Å². The molecule has 0 spiro atoms. The molecule has 0 aliphatic carbocycles. The fourth-order valence-electron chi connectivity index (χ4n) is 2.75. The number of ether oxygens (including phenoxy) is 1. The number of hydrogen-bond donors (Lipinski definition) is 2. The van der Waals surface area contributed by atoms with E-state index in [2.05, 4.69) is 10.2 Å². The van der Waals surface area contributed by atoms with Crippen LogP contribution in [0.3, 0.4) is 0 Å². The summed E-state index contributed by atoms with van der Waals surface area (Å²) in [5.41, 5.74) is 0.349. The van der Waals surface area contributed by atoms with Gasteiger partial charge < -0.3 is 20.1 Å². The lowest BCUT2D eigenvalue weighted by Crippen LogP contribution is -2.44. The second-order valence-electron chi connectivity index (χ2n) is 7.28. The van der Waals surface area contributed by atoms with E-state index in [0.717, 1.165) is 25.9 Å². The number of aliphatic hydroxyl groups excluding tert-OH is 1. The number of halogens is 1. The lowest BCUT2D eigenvalue weighted by atomic mass is 10.0. The van der Waals surface area contributed by atoms with Crippen LogP contribution in [0.4, 0.5) is 10.1 Å². The normalized spacial score (nSPS) is 18.8. The van der Waals surface area contributed by atoms with Crippen LogP contribution in [0, 0.1) is 5.82 Å². The zero-order valence-corrected chi connectivity index (χ0v) is 14.4. The monoisotopic (exact) mass is 324 g/mol. The molecule has 1 aromatic carbocycles.